The summed E-state index contributed by atoms with van der Waals surface area (Å²) in [4.78, 5) is 5.68. The first-order valence-electron chi connectivity index (χ1n) is 6.50. The Balaban J connectivity index is 1.94. The maximum absolute atomic E-state index is 4.46. The van der Waals surface area contributed by atoms with Crippen LogP contribution in [0.25, 0.3) is 0 Å². The highest BCUT2D eigenvalue weighted by molar-refractivity contribution is 8.01. The van der Waals surface area contributed by atoms with E-state index in [9.17, 15) is 0 Å². The highest BCUT2D eigenvalue weighted by atomic mass is 32.2. The van der Waals surface area contributed by atoms with Gasteiger partial charge in [0.25, 0.3) is 0 Å². The summed E-state index contributed by atoms with van der Waals surface area (Å²) in [6.45, 7) is 7.31. The molecule has 0 aliphatic heterocycles. The van der Waals surface area contributed by atoms with Crippen molar-refractivity contribution in [1.82, 2.24) is 14.7 Å². The minimum absolute atomic E-state index is 0.517. The molecule has 0 atom stereocenters. The lowest BCUT2D eigenvalue weighted by Crippen LogP contribution is -2.21. The molecule has 0 spiro atoms. The molecule has 0 saturated carbocycles. The first-order chi connectivity index (χ1) is 9.17. The Bertz CT molecular complexity index is 506. The average Bonchev–Trinajstić information content (AvgIpc) is 2.85. The van der Waals surface area contributed by atoms with E-state index in [1.165, 1.54) is 22.0 Å². The molecule has 0 radical (unpaired) electrons. The Morgan fingerprint density at radius 3 is 2.58 bits per heavy atom. The number of nitrogens with zero attached hydrogens (tertiary/aromatic N) is 2. The first-order valence-corrected chi connectivity index (χ1v) is 8.09. The van der Waals surface area contributed by atoms with Gasteiger partial charge in [-0.25, -0.2) is 4.98 Å². The molecule has 1 heterocycles. The van der Waals surface area contributed by atoms with Gasteiger partial charge in [0.1, 0.15) is 5.82 Å². The predicted octanol–water partition coefficient (Wildman–Crippen LogP) is 3.75. The molecule has 19 heavy (non-hydrogen) atoms. The summed E-state index contributed by atoms with van der Waals surface area (Å²) in [5, 5.41) is 3.41. The minimum Gasteiger partial charge on any atom is -0.310 e. The molecular formula is C14H19N3S2. The number of benzene rings is 1. The van der Waals surface area contributed by atoms with E-state index in [1.807, 2.05) is 0 Å². The Kier molecular flexibility index (Phi) is 5.36. The molecule has 0 saturated heterocycles. The van der Waals surface area contributed by atoms with Crippen LogP contribution < -0.4 is 5.32 Å². The number of rotatable bonds is 6. The van der Waals surface area contributed by atoms with Crippen LogP contribution in [0.4, 0.5) is 0 Å². The number of hydrogen-bond donors (Lipinski definition) is 1. The third-order valence-electron chi connectivity index (χ3n) is 2.61. The van der Waals surface area contributed by atoms with Gasteiger partial charge in [-0.3, -0.25) is 0 Å². The summed E-state index contributed by atoms with van der Waals surface area (Å²) in [6.07, 6.45) is 0.900. The molecule has 1 N–H and O–H groups in total. The lowest BCUT2D eigenvalue weighted by molar-refractivity contribution is 0.588. The van der Waals surface area contributed by atoms with E-state index < -0.39 is 0 Å². The zero-order valence-corrected chi connectivity index (χ0v) is 13.1. The van der Waals surface area contributed by atoms with Gasteiger partial charge < -0.3 is 5.32 Å². The second kappa shape index (κ2) is 7.03. The van der Waals surface area contributed by atoms with Gasteiger partial charge in [0.05, 0.1) is 0 Å². The Morgan fingerprint density at radius 2 is 2.00 bits per heavy atom. The number of aromatic nitrogens is 2. The van der Waals surface area contributed by atoms with Crippen molar-refractivity contribution in [2.75, 3.05) is 0 Å². The van der Waals surface area contributed by atoms with Gasteiger partial charge in [0.2, 0.25) is 0 Å². The monoisotopic (exact) mass is 293 g/mol. The van der Waals surface area contributed by atoms with Crippen molar-refractivity contribution in [3.8, 4) is 0 Å². The first kappa shape index (κ1) is 14.5. The van der Waals surface area contributed by atoms with Gasteiger partial charge in [-0.2, -0.15) is 4.37 Å². The van der Waals surface area contributed by atoms with E-state index >= 15 is 0 Å². The third-order valence-corrected chi connectivity index (χ3v) is 4.41. The van der Waals surface area contributed by atoms with E-state index in [2.05, 4.69) is 59.7 Å². The maximum atomic E-state index is 4.46. The van der Waals surface area contributed by atoms with Crippen molar-refractivity contribution in [2.24, 2.45) is 0 Å². The highest BCUT2D eigenvalue weighted by Gasteiger charge is 2.04. The van der Waals surface area contributed by atoms with E-state index in [0.717, 1.165) is 23.1 Å². The molecule has 3 nitrogen and oxygen atoms in total. The van der Waals surface area contributed by atoms with Crippen LogP contribution in [0, 0.1) is 0 Å². The van der Waals surface area contributed by atoms with Crippen LogP contribution in [0.15, 0.2) is 33.5 Å². The number of nitrogens with one attached hydrogen (secondary N) is 1. The molecule has 0 amide bonds. The molecule has 2 aromatic rings. The Hall–Kier alpha value is -0.910. The van der Waals surface area contributed by atoms with Gasteiger partial charge in [-0.05, 0) is 29.2 Å². The van der Waals surface area contributed by atoms with Crippen molar-refractivity contribution >= 4 is 23.3 Å². The largest absolute Gasteiger partial charge is 0.310 e. The summed E-state index contributed by atoms with van der Waals surface area (Å²) in [7, 11) is 0. The topological polar surface area (TPSA) is 37.8 Å². The van der Waals surface area contributed by atoms with Gasteiger partial charge in [-0.1, -0.05) is 44.7 Å². The van der Waals surface area contributed by atoms with Crippen LogP contribution in [0.2, 0.25) is 0 Å². The average molecular weight is 293 g/mol. The molecule has 1 aromatic carbocycles. The highest BCUT2D eigenvalue weighted by Crippen LogP contribution is 2.29. The fourth-order valence-corrected chi connectivity index (χ4v) is 3.20. The second-order valence-electron chi connectivity index (χ2n) is 4.61. The summed E-state index contributed by atoms with van der Waals surface area (Å²) < 4.78 is 5.32. The van der Waals surface area contributed by atoms with Crippen LogP contribution in [-0.2, 0) is 13.0 Å². The van der Waals surface area contributed by atoms with Crippen LogP contribution in [0.1, 0.15) is 32.2 Å². The summed E-state index contributed by atoms with van der Waals surface area (Å²) in [6, 6.07) is 9.14. The van der Waals surface area contributed by atoms with Crippen LogP contribution in [0.5, 0.6) is 0 Å². The normalized spacial score (nSPS) is 11.2. The van der Waals surface area contributed by atoms with Gasteiger partial charge >= 0.3 is 0 Å². The Labute approximate surface area is 123 Å². The molecule has 2 rings (SSSR count). The van der Waals surface area contributed by atoms with Crippen LogP contribution >= 0.6 is 23.3 Å². The summed E-state index contributed by atoms with van der Waals surface area (Å²) in [5.41, 5.74) is 1.31. The van der Waals surface area contributed by atoms with Crippen molar-refractivity contribution < 1.29 is 0 Å². The van der Waals surface area contributed by atoms with E-state index in [-0.39, 0.29) is 0 Å². The number of aryl methyl sites for hydroxylation is 1. The summed E-state index contributed by atoms with van der Waals surface area (Å²) >= 11 is 3.16. The quantitative estimate of drug-likeness (QED) is 0.880. The van der Waals surface area contributed by atoms with Crippen molar-refractivity contribution in [3.63, 3.8) is 0 Å². The number of hydrogen-bond acceptors (Lipinski definition) is 5. The lowest BCUT2D eigenvalue weighted by Gasteiger charge is -2.08. The molecular weight excluding hydrogens is 274 g/mol. The minimum atomic E-state index is 0.517. The van der Waals surface area contributed by atoms with Crippen molar-refractivity contribution in [3.05, 3.63) is 35.7 Å². The molecule has 0 aliphatic rings. The smallest absolute Gasteiger partial charge is 0.174 e. The predicted molar refractivity (Wildman–Crippen MR) is 81.8 cm³/mol. The Morgan fingerprint density at radius 1 is 1.26 bits per heavy atom. The van der Waals surface area contributed by atoms with Crippen LogP contribution in [-0.4, -0.2) is 15.4 Å². The second-order valence-corrected chi connectivity index (χ2v) is 6.68. The van der Waals surface area contributed by atoms with E-state index in [4.69, 9.17) is 0 Å². The third kappa shape index (κ3) is 4.60. The summed E-state index contributed by atoms with van der Waals surface area (Å²) in [5.74, 6) is 0.935. The van der Waals surface area contributed by atoms with Crippen LogP contribution in [0.3, 0.4) is 0 Å². The van der Waals surface area contributed by atoms with E-state index in [1.54, 1.807) is 11.8 Å². The molecule has 1 aromatic heterocycles. The fraction of sp³-hybridized carbons (Fsp3) is 0.429. The molecule has 0 bridgehead atoms. The lowest BCUT2D eigenvalue weighted by atomic mass is 10.2. The molecule has 0 aliphatic carbocycles. The maximum Gasteiger partial charge on any atom is 0.174 e. The molecule has 5 heteroatoms. The molecule has 102 valence electrons. The van der Waals surface area contributed by atoms with E-state index in [0.29, 0.717) is 6.04 Å². The van der Waals surface area contributed by atoms with Gasteiger partial charge in [0.15, 0.2) is 4.34 Å². The van der Waals surface area contributed by atoms with Crippen molar-refractivity contribution in [2.45, 2.75) is 49.0 Å². The van der Waals surface area contributed by atoms with Gasteiger partial charge in [0, 0.05) is 23.9 Å². The standard InChI is InChI=1S/C14H19N3S2/c1-4-13-16-14(19-17-13)18-12-7-5-11(6-8-12)9-15-10(2)3/h5-8,10,15H,4,9H2,1-3H3. The fourth-order valence-electron chi connectivity index (χ4n) is 1.52. The van der Waals surface area contributed by atoms with Crippen molar-refractivity contribution in [1.29, 1.82) is 0 Å². The SMILES string of the molecule is CCc1nsc(Sc2ccc(CNC(C)C)cc2)n1. The van der Waals surface area contributed by atoms with Gasteiger partial charge in [-0.15, -0.1) is 0 Å². The zero-order valence-electron chi connectivity index (χ0n) is 11.5. The zero-order chi connectivity index (χ0) is 13.7. The molecule has 0 unspecified atom stereocenters. The molecule has 0 fully saturated rings.